The van der Waals surface area contributed by atoms with Gasteiger partial charge in [0.25, 0.3) is 0 Å². The average molecular weight is 254 g/mol. The molecule has 0 aromatic carbocycles. The molecule has 0 aromatic rings. The number of carbonyl (C=O) groups is 2. The van der Waals surface area contributed by atoms with Crippen molar-refractivity contribution in [3.05, 3.63) is 0 Å². The molecule has 0 radical (unpaired) electrons. The summed E-state index contributed by atoms with van der Waals surface area (Å²) < 4.78 is 5.21. The number of piperidine rings is 2. The number of carbonyl (C=O) groups excluding carboxylic acids is 2. The molecule has 2 fully saturated rings. The van der Waals surface area contributed by atoms with E-state index in [4.69, 9.17) is 4.74 Å². The van der Waals surface area contributed by atoms with Gasteiger partial charge in [0.15, 0.2) is 0 Å². The predicted octanol–water partition coefficient (Wildman–Crippen LogP) is 0.540. The van der Waals surface area contributed by atoms with Gasteiger partial charge in [0.05, 0.1) is 13.0 Å². The molecule has 5 nitrogen and oxygen atoms in total. The zero-order valence-corrected chi connectivity index (χ0v) is 11.0. The van der Waals surface area contributed by atoms with Gasteiger partial charge in [-0.3, -0.25) is 9.59 Å². The number of hydrogen-bond acceptors (Lipinski definition) is 3. The van der Waals surface area contributed by atoms with Crippen LogP contribution < -0.4 is 5.32 Å². The minimum Gasteiger partial charge on any atom is -0.381 e. The van der Waals surface area contributed by atoms with Crippen molar-refractivity contribution in [2.45, 2.75) is 38.6 Å². The Hall–Kier alpha value is -1.10. The quantitative estimate of drug-likeness (QED) is 0.745. The maximum absolute atomic E-state index is 12.0. The second kappa shape index (κ2) is 6.18. The molecule has 0 aliphatic carbocycles. The highest BCUT2D eigenvalue weighted by Gasteiger charge is 2.34. The number of fused-ring (bicyclic) bond motifs is 1. The second-order valence-corrected chi connectivity index (χ2v) is 5.05. The van der Waals surface area contributed by atoms with Crippen LogP contribution in [0.4, 0.5) is 0 Å². The molecule has 102 valence electrons. The summed E-state index contributed by atoms with van der Waals surface area (Å²) in [5, 5.41) is 3.03. The van der Waals surface area contributed by atoms with Crippen molar-refractivity contribution in [1.29, 1.82) is 0 Å². The lowest BCUT2D eigenvalue weighted by atomic mass is 9.85. The molecular formula is C13H22N2O3. The summed E-state index contributed by atoms with van der Waals surface area (Å²) in [6.45, 7) is 4.64. The van der Waals surface area contributed by atoms with E-state index in [-0.39, 0.29) is 17.9 Å². The van der Waals surface area contributed by atoms with E-state index in [0.717, 1.165) is 25.9 Å². The minimum absolute atomic E-state index is 0.160. The third-order valence-corrected chi connectivity index (χ3v) is 3.84. The summed E-state index contributed by atoms with van der Waals surface area (Å²) in [5.74, 6) is 0.777. The first-order chi connectivity index (χ1) is 8.70. The van der Waals surface area contributed by atoms with Crippen LogP contribution in [0.3, 0.4) is 0 Å². The minimum atomic E-state index is 0.160. The first kappa shape index (κ1) is 13.3. The molecule has 0 bridgehead atoms. The van der Waals surface area contributed by atoms with E-state index < -0.39 is 0 Å². The molecule has 1 N–H and O–H groups in total. The number of amides is 2. The zero-order valence-electron chi connectivity index (χ0n) is 11.0. The topological polar surface area (TPSA) is 58.6 Å². The second-order valence-electron chi connectivity index (χ2n) is 5.05. The molecule has 0 saturated carbocycles. The molecule has 2 amide bonds. The van der Waals surface area contributed by atoms with Crippen LogP contribution in [0.5, 0.6) is 0 Å². The molecule has 2 saturated heterocycles. The normalized spacial score (nSPS) is 27.6. The lowest BCUT2D eigenvalue weighted by molar-refractivity contribution is -0.135. The number of nitrogens with zero attached hydrogens (tertiary/aromatic N) is 1. The predicted molar refractivity (Wildman–Crippen MR) is 67.0 cm³/mol. The van der Waals surface area contributed by atoms with Gasteiger partial charge in [-0.1, -0.05) is 0 Å². The Kier molecular flexibility index (Phi) is 4.58. The SMILES string of the molecule is CCOCCC(=O)N1CCC2NC(=O)CCC2C1. The van der Waals surface area contributed by atoms with E-state index in [0.29, 0.717) is 32.0 Å². The number of likely N-dealkylation sites (tertiary alicyclic amines) is 1. The lowest BCUT2D eigenvalue weighted by Gasteiger charge is -2.41. The van der Waals surface area contributed by atoms with Gasteiger partial charge in [0.2, 0.25) is 11.8 Å². The summed E-state index contributed by atoms with van der Waals surface area (Å²) >= 11 is 0. The third-order valence-electron chi connectivity index (χ3n) is 3.84. The molecule has 2 atom stereocenters. The molecule has 2 heterocycles. The summed E-state index contributed by atoms with van der Waals surface area (Å²) in [4.78, 5) is 25.2. The van der Waals surface area contributed by atoms with Gasteiger partial charge in [-0.05, 0) is 25.7 Å². The smallest absolute Gasteiger partial charge is 0.224 e. The highest BCUT2D eigenvalue weighted by atomic mass is 16.5. The number of rotatable bonds is 4. The van der Waals surface area contributed by atoms with Crippen molar-refractivity contribution >= 4 is 11.8 Å². The van der Waals surface area contributed by atoms with Crippen molar-refractivity contribution in [1.82, 2.24) is 10.2 Å². The zero-order chi connectivity index (χ0) is 13.0. The van der Waals surface area contributed by atoms with E-state index in [2.05, 4.69) is 5.32 Å². The Morgan fingerprint density at radius 1 is 1.50 bits per heavy atom. The summed E-state index contributed by atoms with van der Waals surface area (Å²) in [7, 11) is 0. The van der Waals surface area contributed by atoms with Crippen LogP contribution in [0.1, 0.15) is 32.6 Å². The van der Waals surface area contributed by atoms with Crippen LogP contribution in [-0.2, 0) is 14.3 Å². The van der Waals surface area contributed by atoms with Crippen molar-refractivity contribution in [2.75, 3.05) is 26.3 Å². The van der Waals surface area contributed by atoms with E-state index in [9.17, 15) is 9.59 Å². The fraction of sp³-hybridized carbons (Fsp3) is 0.846. The molecule has 0 spiro atoms. The fourth-order valence-electron chi connectivity index (χ4n) is 2.80. The average Bonchev–Trinajstić information content (AvgIpc) is 2.38. The maximum atomic E-state index is 12.0. The van der Waals surface area contributed by atoms with E-state index in [1.165, 1.54) is 0 Å². The Balaban J connectivity index is 1.79. The van der Waals surface area contributed by atoms with Crippen LogP contribution in [0, 0.1) is 5.92 Å². The van der Waals surface area contributed by atoms with Gasteiger partial charge in [-0.25, -0.2) is 0 Å². The van der Waals surface area contributed by atoms with Crippen molar-refractivity contribution in [3.8, 4) is 0 Å². The first-order valence-corrected chi connectivity index (χ1v) is 6.85. The number of ether oxygens (including phenoxy) is 1. The van der Waals surface area contributed by atoms with Gasteiger partial charge in [0, 0.05) is 32.2 Å². The number of hydrogen-bond donors (Lipinski definition) is 1. The molecule has 0 aromatic heterocycles. The highest BCUT2D eigenvalue weighted by molar-refractivity contribution is 5.78. The van der Waals surface area contributed by atoms with Crippen LogP contribution in [-0.4, -0.2) is 49.1 Å². The number of nitrogens with one attached hydrogen (secondary N) is 1. The molecule has 2 unspecified atom stereocenters. The van der Waals surface area contributed by atoms with Crippen molar-refractivity contribution < 1.29 is 14.3 Å². The molecule has 2 aliphatic rings. The third kappa shape index (κ3) is 3.22. The molecule has 2 aliphatic heterocycles. The molecular weight excluding hydrogens is 232 g/mol. The first-order valence-electron chi connectivity index (χ1n) is 6.85. The van der Waals surface area contributed by atoms with Crippen LogP contribution in [0.25, 0.3) is 0 Å². The van der Waals surface area contributed by atoms with Gasteiger partial charge in [-0.15, -0.1) is 0 Å². The van der Waals surface area contributed by atoms with Gasteiger partial charge >= 0.3 is 0 Å². The Bertz CT molecular complexity index is 319. The largest absolute Gasteiger partial charge is 0.381 e. The summed E-state index contributed by atoms with van der Waals surface area (Å²) in [5.41, 5.74) is 0. The Morgan fingerprint density at radius 2 is 2.33 bits per heavy atom. The lowest BCUT2D eigenvalue weighted by Crippen LogP contribution is -2.55. The monoisotopic (exact) mass is 254 g/mol. The van der Waals surface area contributed by atoms with Crippen LogP contribution in [0.15, 0.2) is 0 Å². The standard InChI is InChI=1S/C13H22N2O3/c1-2-18-8-6-13(17)15-7-5-11-10(9-15)3-4-12(16)14-11/h10-11H,2-9H2,1H3,(H,14,16). The van der Waals surface area contributed by atoms with E-state index in [1.807, 2.05) is 11.8 Å². The van der Waals surface area contributed by atoms with Gasteiger partial charge in [-0.2, -0.15) is 0 Å². The molecule has 2 rings (SSSR count). The maximum Gasteiger partial charge on any atom is 0.224 e. The highest BCUT2D eigenvalue weighted by Crippen LogP contribution is 2.25. The van der Waals surface area contributed by atoms with E-state index in [1.54, 1.807) is 0 Å². The van der Waals surface area contributed by atoms with Gasteiger partial charge in [0.1, 0.15) is 0 Å². The van der Waals surface area contributed by atoms with Crippen LogP contribution in [0.2, 0.25) is 0 Å². The Labute approximate surface area is 108 Å². The molecule has 18 heavy (non-hydrogen) atoms. The van der Waals surface area contributed by atoms with Crippen LogP contribution >= 0.6 is 0 Å². The van der Waals surface area contributed by atoms with Crippen molar-refractivity contribution in [3.63, 3.8) is 0 Å². The Morgan fingerprint density at radius 3 is 3.11 bits per heavy atom. The fourth-order valence-corrected chi connectivity index (χ4v) is 2.80. The van der Waals surface area contributed by atoms with E-state index >= 15 is 0 Å². The summed E-state index contributed by atoms with van der Waals surface area (Å²) in [6.07, 6.45) is 2.86. The molecule has 5 heteroatoms. The van der Waals surface area contributed by atoms with Gasteiger partial charge < -0.3 is 15.0 Å². The van der Waals surface area contributed by atoms with Crippen molar-refractivity contribution in [2.24, 2.45) is 5.92 Å². The summed E-state index contributed by atoms with van der Waals surface area (Å²) in [6, 6.07) is 0.280.